The monoisotopic (exact) mass is 416 g/mol. The van der Waals surface area contributed by atoms with Crippen molar-refractivity contribution in [2.75, 3.05) is 0 Å². The molecular formula is C27H44O3. The van der Waals surface area contributed by atoms with E-state index in [1.807, 2.05) is 0 Å². The molecule has 4 aliphatic carbocycles. The number of Topliss-reactive ketones (excluding diaryl/α,β-unsaturated/α-hetero) is 1. The predicted molar refractivity (Wildman–Crippen MR) is 121 cm³/mol. The Hall–Kier alpha value is -0.670. The van der Waals surface area contributed by atoms with E-state index in [2.05, 4.69) is 46.8 Å². The molecule has 4 fully saturated rings. The number of fused-ring (bicyclic) bond motifs is 5. The maximum atomic E-state index is 13.3. The summed E-state index contributed by atoms with van der Waals surface area (Å²) in [6.07, 6.45) is 12.6. The zero-order valence-corrected chi connectivity index (χ0v) is 19.9. The van der Waals surface area contributed by atoms with Crippen LogP contribution in [0.2, 0.25) is 0 Å². The second-order valence-corrected chi connectivity index (χ2v) is 12.3. The average Bonchev–Trinajstić information content (AvgIpc) is 3.01. The van der Waals surface area contributed by atoms with Gasteiger partial charge >= 0.3 is 0 Å². The van der Waals surface area contributed by atoms with Crippen LogP contribution in [0, 0.1) is 46.3 Å². The van der Waals surface area contributed by atoms with Gasteiger partial charge in [-0.1, -0.05) is 46.8 Å². The number of hydrogen-bond donors (Lipinski definition) is 2. The number of carbonyl (C=O) groups is 1. The Morgan fingerprint density at radius 1 is 1.07 bits per heavy atom. The Bertz CT molecular complexity index is 698. The van der Waals surface area contributed by atoms with Gasteiger partial charge in [0.2, 0.25) is 0 Å². The van der Waals surface area contributed by atoms with Gasteiger partial charge in [0.1, 0.15) is 5.60 Å². The average molecular weight is 417 g/mol. The number of carbonyl (C=O) groups excluding carboxylic acids is 1. The first-order valence-electron chi connectivity index (χ1n) is 12.6. The first kappa shape index (κ1) is 22.5. The first-order valence-corrected chi connectivity index (χ1v) is 12.6. The lowest BCUT2D eigenvalue weighted by atomic mass is 9.42. The van der Waals surface area contributed by atoms with E-state index in [0.29, 0.717) is 47.3 Å². The Kier molecular flexibility index (Phi) is 5.80. The van der Waals surface area contributed by atoms with Crippen LogP contribution < -0.4 is 0 Å². The molecule has 0 bridgehead atoms. The SMILES string of the molecule is CC(C)CC=C[C@@H](C)[C@H]1CC[C@H]2[C@@H]3CC(=O)[C@@]4(O)C[C@@H](O)CC[C@]4(C)[C@H]3CC[C@]12C. The van der Waals surface area contributed by atoms with Gasteiger partial charge in [0, 0.05) is 18.3 Å². The molecule has 170 valence electrons. The predicted octanol–water partition coefficient (Wildman–Crippen LogP) is 5.54. The number of ketones is 1. The number of hydrogen-bond acceptors (Lipinski definition) is 3. The maximum absolute atomic E-state index is 13.3. The molecule has 9 atom stereocenters. The lowest BCUT2D eigenvalue weighted by molar-refractivity contribution is -0.213. The zero-order chi connectivity index (χ0) is 21.9. The molecule has 30 heavy (non-hydrogen) atoms. The number of aliphatic hydroxyl groups excluding tert-OH is 1. The highest BCUT2D eigenvalue weighted by Gasteiger charge is 2.67. The first-order chi connectivity index (χ1) is 14.0. The summed E-state index contributed by atoms with van der Waals surface area (Å²) in [6, 6.07) is 0. The van der Waals surface area contributed by atoms with Crippen LogP contribution in [-0.2, 0) is 4.79 Å². The smallest absolute Gasteiger partial charge is 0.165 e. The third-order valence-corrected chi connectivity index (χ3v) is 10.4. The molecule has 0 aromatic heterocycles. The van der Waals surface area contributed by atoms with Gasteiger partial charge in [-0.05, 0) is 85.9 Å². The largest absolute Gasteiger partial charge is 0.393 e. The van der Waals surface area contributed by atoms with Crippen LogP contribution in [0.4, 0.5) is 0 Å². The topological polar surface area (TPSA) is 57.5 Å². The summed E-state index contributed by atoms with van der Waals surface area (Å²) in [5, 5.41) is 21.7. The molecule has 0 radical (unpaired) electrons. The molecule has 3 heteroatoms. The fraction of sp³-hybridized carbons (Fsp3) is 0.889. The Morgan fingerprint density at radius 3 is 2.50 bits per heavy atom. The fourth-order valence-electron chi connectivity index (χ4n) is 8.62. The quantitative estimate of drug-likeness (QED) is 0.592. The molecule has 0 unspecified atom stereocenters. The third kappa shape index (κ3) is 3.25. The Morgan fingerprint density at radius 2 is 1.80 bits per heavy atom. The van der Waals surface area contributed by atoms with Crippen molar-refractivity contribution in [1.82, 2.24) is 0 Å². The summed E-state index contributed by atoms with van der Waals surface area (Å²) in [5.41, 5.74) is -1.37. The number of allylic oxidation sites excluding steroid dienone is 2. The molecular weight excluding hydrogens is 372 g/mol. The van der Waals surface area contributed by atoms with Gasteiger partial charge in [-0.3, -0.25) is 4.79 Å². The van der Waals surface area contributed by atoms with Crippen molar-refractivity contribution >= 4 is 5.78 Å². The van der Waals surface area contributed by atoms with E-state index in [-0.39, 0.29) is 17.6 Å². The molecule has 4 rings (SSSR count). The number of rotatable bonds is 4. The van der Waals surface area contributed by atoms with E-state index in [4.69, 9.17) is 0 Å². The Balaban J connectivity index is 1.57. The van der Waals surface area contributed by atoms with Gasteiger partial charge in [0.25, 0.3) is 0 Å². The standard InChI is InChI=1S/C27H44O3/c1-17(2)7-6-8-18(3)21-9-10-22-20-15-24(29)27(30)16-19(28)11-14-26(27,5)23(20)12-13-25(21,22)4/h6,8,17-23,28,30H,7,9-16H2,1-5H3/t18-,19+,20+,21-,22+,23+,25-,26-,27+/m1/s1. The summed E-state index contributed by atoms with van der Waals surface area (Å²) >= 11 is 0. The molecule has 0 heterocycles. The van der Waals surface area contributed by atoms with Gasteiger partial charge in [-0.25, -0.2) is 0 Å². The van der Waals surface area contributed by atoms with Crippen molar-refractivity contribution in [3.05, 3.63) is 12.2 Å². The molecule has 0 spiro atoms. The molecule has 4 saturated carbocycles. The molecule has 3 nitrogen and oxygen atoms in total. The van der Waals surface area contributed by atoms with E-state index in [0.717, 1.165) is 25.7 Å². The van der Waals surface area contributed by atoms with E-state index in [1.54, 1.807) is 0 Å². The van der Waals surface area contributed by atoms with E-state index in [9.17, 15) is 15.0 Å². The summed E-state index contributed by atoms with van der Waals surface area (Å²) < 4.78 is 0. The third-order valence-electron chi connectivity index (χ3n) is 10.4. The van der Waals surface area contributed by atoms with Gasteiger partial charge in [-0.15, -0.1) is 0 Å². The van der Waals surface area contributed by atoms with Crippen LogP contribution in [0.15, 0.2) is 12.2 Å². The Labute approximate surface area is 183 Å². The van der Waals surface area contributed by atoms with Gasteiger partial charge in [0.05, 0.1) is 6.10 Å². The highest BCUT2D eigenvalue weighted by molar-refractivity contribution is 5.89. The second-order valence-electron chi connectivity index (χ2n) is 12.3. The van der Waals surface area contributed by atoms with Crippen molar-refractivity contribution in [1.29, 1.82) is 0 Å². The van der Waals surface area contributed by atoms with Crippen LogP contribution in [-0.4, -0.2) is 27.7 Å². The van der Waals surface area contributed by atoms with Crippen LogP contribution in [0.25, 0.3) is 0 Å². The number of aliphatic hydroxyl groups is 2. The summed E-state index contributed by atoms with van der Waals surface area (Å²) in [5.74, 6) is 3.43. The normalized spacial score (nSPS) is 49.7. The highest BCUT2D eigenvalue weighted by Crippen LogP contribution is 2.68. The second kappa shape index (κ2) is 7.73. The highest BCUT2D eigenvalue weighted by atomic mass is 16.3. The minimum absolute atomic E-state index is 0.0163. The van der Waals surface area contributed by atoms with Crippen molar-refractivity contribution in [3.63, 3.8) is 0 Å². The van der Waals surface area contributed by atoms with Crippen molar-refractivity contribution < 1.29 is 15.0 Å². The van der Waals surface area contributed by atoms with E-state index < -0.39 is 11.7 Å². The molecule has 0 aromatic carbocycles. The zero-order valence-electron chi connectivity index (χ0n) is 19.9. The van der Waals surface area contributed by atoms with Gasteiger partial charge < -0.3 is 10.2 Å². The molecule has 4 aliphatic rings. The molecule has 2 N–H and O–H groups in total. The van der Waals surface area contributed by atoms with Gasteiger partial charge in [0.15, 0.2) is 5.78 Å². The van der Waals surface area contributed by atoms with Gasteiger partial charge in [-0.2, -0.15) is 0 Å². The van der Waals surface area contributed by atoms with Crippen molar-refractivity contribution in [2.24, 2.45) is 46.3 Å². The molecule has 0 aliphatic heterocycles. The van der Waals surface area contributed by atoms with Crippen LogP contribution in [0.1, 0.15) is 92.4 Å². The van der Waals surface area contributed by atoms with Crippen molar-refractivity contribution in [2.45, 2.75) is 104 Å². The fourth-order valence-corrected chi connectivity index (χ4v) is 8.62. The van der Waals surface area contributed by atoms with E-state index >= 15 is 0 Å². The minimum atomic E-state index is -1.32. The summed E-state index contributed by atoms with van der Waals surface area (Å²) in [4.78, 5) is 13.3. The molecule has 0 aromatic rings. The molecule has 0 saturated heterocycles. The lowest BCUT2D eigenvalue weighted by Crippen LogP contribution is -2.67. The maximum Gasteiger partial charge on any atom is 0.165 e. The van der Waals surface area contributed by atoms with Crippen LogP contribution in [0.3, 0.4) is 0 Å². The lowest BCUT2D eigenvalue weighted by Gasteiger charge is -2.63. The minimum Gasteiger partial charge on any atom is -0.393 e. The molecule has 0 amide bonds. The summed E-state index contributed by atoms with van der Waals surface area (Å²) in [6.45, 7) is 11.6. The van der Waals surface area contributed by atoms with Crippen LogP contribution in [0.5, 0.6) is 0 Å². The summed E-state index contributed by atoms with van der Waals surface area (Å²) in [7, 11) is 0. The van der Waals surface area contributed by atoms with E-state index in [1.165, 1.54) is 19.3 Å². The van der Waals surface area contributed by atoms with Crippen LogP contribution >= 0.6 is 0 Å². The van der Waals surface area contributed by atoms with Crippen molar-refractivity contribution in [3.8, 4) is 0 Å².